The molecular weight excluding hydrogens is 449 g/mol. The van der Waals surface area contributed by atoms with E-state index in [1.807, 2.05) is 46.8 Å². The molecule has 2 aliphatic rings. The van der Waals surface area contributed by atoms with Crippen LogP contribution in [-0.2, 0) is 11.3 Å². The van der Waals surface area contributed by atoms with Crippen molar-refractivity contribution in [2.24, 2.45) is 0 Å². The quantitative estimate of drug-likeness (QED) is 0.516. The van der Waals surface area contributed by atoms with Gasteiger partial charge in [0.15, 0.2) is 11.6 Å². The van der Waals surface area contributed by atoms with E-state index in [1.54, 1.807) is 6.20 Å². The largest absolute Gasteiger partial charge is 0.492 e. The molecule has 0 spiro atoms. The van der Waals surface area contributed by atoms with E-state index in [2.05, 4.69) is 5.32 Å². The highest BCUT2D eigenvalue weighted by atomic mass is 19.1. The Morgan fingerprint density at radius 2 is 1.97 bits per heavy atom. The summed E-state index contributed by atoms with van der Waals surface area (Å²) in [5, 5.41) is 3.41. The highest BCUT2D eigenvalue weighted by molar-refractivity contribution is 5.97. The average Bonchev–Trinajstić information content (AvgIpc) is 3.73. The van der Waals surface area contributed by atoms with Crippen LogP contribution in [0.25, 0.3) is 10.9 Å². The average molecular weight is 480 g/mol. The number of nitrogens with zero attached hydrogens (tertiary/aromatic N) is 2. The first kappa shape index (κ1) is 23.4. The van der Waals surface area contributed by atoms with Gasteiger partial charge in [-0.3, -0.25) is 4.79 Å². The van der Waals surface area contributed by atoms with E-state index in [0.29, 0.717) is 30.0 Å². The summed E-state index contributed by atoms with van der Waals surface area (Å²) in [7, 11) is 3.41. The maximum atomic E-state index is 15.6. The number of rotatable bonds is 7. The van der Waals surface area contributed by atoms with Gasteiger partial charge in [0.1, 0.15) is 17.9 Å². The van der Waals surface area contributed by atoms with Gasteiger partial charge in [-0.1, -0.05) is 30.3 Å². The minimum atomic E-state index is -0.716. The third kappa shape index (κ3) is 4.50. The van der Waals surface area contributed by atoms with E-state index >= 15 is 4.39 Å². The lowest BCUT2D eigenvalue weighted by Gasteiger charge is -2.35. The van der Waals surface area contributed by atoms with Crippen LogP contribution in [-0.4, -0.2) is 43.8 Å². The lowest BCUT2D eigenvalue weighted by Crippen LogP contribution is -2.45. The van der Waals surface area contributed by atoms with Gasteiger partial charge in [0.05, 0.1) is 18.0 Å². The Labute approximate surface area is 203 Å². The lowest BCUT2D eigenvalue weighted by molar-refractivity contribution is 0.0470. The van der Waals surface area contributed by atoms with Gasteiger partial charge >= 0.3 is 5.97 Å². The fourth-order valence-electron chi connectivity index (χ4n) is 4.93. The molecule has 2 heterocycles. The third-order valence-electron chi connectivity index (χ3n) is 6.92. The Bertz CT molecular complexity index is 1300. The van der Waals surface area contributed by atoms with Crippen LogP contribution in [0.3, 0.4) is 0 Å². The number of pyridine rings is 1. The van der Waals surface area contributed by atoms with Crippen molar-refractivity contribution >= 4 is 22.6 Å². The van der Waals surface area contributed by atoms with Crippen LogP contribution in [0.4, 0.5) is 10.1 Å². The van der Waals surface area contributed by atoms with Gasteiger partial charge in [0.2, 0.25) is 5.43 Å². The number of halogens is 1. The van der Waals surface area contributed by atoms with Crippen LogP contribution < -0.4 is 20.4 Å². The first-order chi connectivity index (χ1) is 17.0. The van der Waals surface area contributed by atoms with Crippen LogP contribution in [0.2, 0.25) is 0 Å². The highest BCUT2D eigenvalue weighted by Crippen LogP contribution is 2.44. The Kier molecular flexibility index (Phi) is 6.47. The predicted molar refractivity (Wildman–Crippen MR) is 133 cm³/mol. The number of likely N-dealkylation sites (N-methyl/N-ethyl adjacent to an activating group) is 1. The van der Waals surface area contributed by atoms with E-state index in [4.69, 9.17) is 9.47 Å². The van der Waals surface area contributed by atoms with Gasteiger partial charge in [-0.2, -0.15) is 0 Å². The van der Waals surface area contributed by atoms with Gasteiger partial charge in [0.25, 0.3) is 0 Å². The molecule has 2 aromatic carbocycles. The van der Waals surface area contributed by atoms with Crippen molar-refractivity contribution in [3.8, 4) is 5.75 Å². The monoisotopic (exact) mass is 479 g/mol. The van der Waals surface area contributed by atoms with Gasteiger partial charge in [0, 0.05) is 31.4 Å². The number of hydrogen-bond acceptors (Lipinski definition) is 6. The van der Waals surface area contributed by atoms with Crippen LogP contribution in [0, 0.1) is 5.82 Å². The van der Waals surface area contributed by atoms with Crippen LogP contribution >= 0.6 is 0 Å². The van der Waals surface area contributed by atoms with Crippen molar-refractivity contribution < 1.29 is 18.7 Å². The molecule has 1 aliphatic heterocycles. The summed E-state index contributed by atoms with van der Waals surface area (Å²) in [5.41, 5.74) is 1.08. The van der Waals surface area contributed by atoms with Crippen LogP contribution in [0.1, 0.15) is 47.6 Å². The third-order valence-corrected chi connectivity index (χ3v) is 6.92. The molecule has 1 unspecified atom stereocenters. The molecule has 0 bridgehead atoms. The van der Waals surface area contributed by atoms with Crippen LogP contribution in [0.15, 0.2) is 47.4 Å². The molecule has 1 aliphatic carbocycles. The van der Waals surface area contributed by atoms with Crippen molar-refractivity contribution in [3.63, 3.8) is 0 Å². The van der Waals surface area contributed by atoms with E-state index < -0.39 is 17.2 Å². The highest BCUT2D eigenvalue weighted by Gasteiger charge is 2.32. The topological polar surface area (TPSA) is 72.8 Å². The van der Waals surface area contributed by atoms with E-state index in [1.165, 1.54) is 13.2 Å². The van der Waals surface area contributed by atoms with Crippen LogP contribution in [0.5, 0.6) is 5.75 Å². The van der Waals surface area contributed by atoms with Gasteiger partial charge in [-0.05, 0) is 44.4 Å². The first-order valence-electron chi connectivity index (χ1n) is 12.1. The number of esters is 1. The Morgan fingerprint density at radius 3 is 2.66 bits per heavy atom. The fourth-order valence-corrected chi connectivity index (χ4v) is 4.93. The first-order valence-corrected chi connectivity index (χ1v) is 12.1. The standard InChI is InChI=1S/C27H30FN3O4/c1-29-18-9-6-12-30(14-18)24-22(28)13-20-23(26(24)34-2)31(19-10-11-19)15-21(25(20)32)27(33)35-16-17-7-4-3-5-8-17/h3-5,7-8,13,15,18-19,29H,6,9-12,14,16H2,1-2H3. The number of carbonyl (C=O) groups excluding carboxylic acids is 1. The smallest absolute Gasteiger partial charge is 0.343 e. The molecule has 8 heteroatoms. The second-order valence-electron chi connectivity index (χ2n) is 9.28. The number of carbonyl (C=O) groups is 1. The number of ether oxygens (including phenoxy) is 2. The molecule has 5 rings (SSSR count). The summed E-state index contributed by atoms with van der Waals surface area (Å²) in [6.07, 6.45) is 5.34. The second-order valence-corrected chi connectivity index (χ2v) is 9.28. The van der Waals surface area contributed by atoms with Crippen molar-refractivity contribution in [1.82, 2.24) is 9.88 Å². The molecule has 0 amide bonds. The fraction of sp³-hybridized carbons (Fsp3) is 0.407. The summed E-state index contributed by atoms with van der Waals surface area (Å²) in [6, 6.07) is 10.9. The Hall–Kier alpha value is -3.39. The van der Waals surface area contributed by atoms with Crippen molar-refractivity contribution in [2.45, 2.75) is 44.4 Å². The number of fused-ring (bicyclic) bond motifs is 1. The molecule has 1 saturated heterocycles. The molecule has 2 fully saturated rings. The molecule has 1 saturated carbocycles. The summed E-state index contributed by atoms with van der Waals surface area (Å²) in [4.78, 5) is 28.3. The maximum absolute atomic E-state index is 15.6. The summed E-state index contributed by atoms with van der Waals surface area (Å²) in [5.74, 6) is -0.906. The molecule has 35 heavy (non-hydrogen) atoms. The normalized spacial score (nSPS) is 18.0. The van der Waals surface area contributed by atoms with Gasteiger partial charge in [-0.15, -0.1) is 0 Å². The van der Waals surface area contributed by atoms with Gasteiger partial charge in [-0.25, -0.2) is 9.18 Å². The maximum Gasteiger partial charge on any atom is 0.343 e. The van der Waals surface area contributed by atoms with Gasteiger partial charge < -0.3 is 24.3 Å². The lowest BCUT2D eigenvalue weighted by atomic mass is 10.0. The molecular formula is C27H30FN3O4. The summed E-state index contributed by atoms with van der Waals surface area (Å²) >= 11 is 0. The molecule has 184 valence electrons. The number of anilines is 1. The summed E-state index contributed by atoms with van der Waals surface area (Å²) < 4.78 is 28.7. The molecule has 1 aromatic heterocycles. The van der Waals surface area contributed by atoms with Crippen molar-refractivity contribution in [3.05, 3.63) is 69.8 Å². The Morgan fingerprint density at radius 1 is 1.20 bits per heavy atom. The predicted octanol–water partition coefficient (Wildman–Crippen LogP) is 4.03. The SMILES string of the molecule is CNC1CCCN(c2c(F)cc3c(=O)c(C(=O)OCc4ccccc4)cn(C4CC4)c3c2OC)C1. The number of benzene rings is 2. The molecule has 1 N–H and O–H groups in total. The number of piperidine rings is 1. The molecule has 7 nitrogen and oxygen atoms in total. The summed E-state index contributed by atoms with van der Waals surface area (Å²) in [6.45, 7) is 1.40. The minimum Gasteiger partial charge on any atom is -0.492 e. The number of hydrogen-bond donors (Lipinski definition) is 1. The minimum absolute atomic E-state index is 0.0544. The van der Waals surface area contributed by atoms with E-state index in [9.17, 15) is 9.59 Å². The number of methoxy groups -OCH3 is 1. The molecule has 0 radical (unpaired) electrons. The van der Waals surface area contributed by atoms with Crippen molar-refractivity contribution in [1.29, 1.82) is 0 Å². The zero-order valence-corrected chi connectivity index (χ0v) is 20.1. The number of aromatic nitrogens is 1. The molecule has 1 atom stereocenters. The Balaban J connectivity index is 1.60. The van der Waals surface area contributed by atoms with E-state index in [-0.39, 0.29) is 29.6 Å². The molecule has 3 aromatic rings. The zero-order valence-electron chi connectivity index (χ0n) is 20.1. The van der Waals surface area contributed by atoms with E-state index in [0.717, 1.165) is 31.2 Å². The number of nitrogens with one attached hydrogen (secondary N) is 1. The second kappa shape index (κ2) is 9.70. The van der Waals surface area contributed by atoms with Crippen molar-refractivity contribution in [2.75, 3.05) is 32.1 Å². The zero-order chi connectivity index (χ0) is 24.5.